The number of ketones is 2. The average molecular weight is 860 g/mol. The number of carbonyl (C=O) groups is 4. The highest BCUT2D eigenvalue weighted by Crippen LogP contribution is 2.21. The second-order valence-electron chi connectivity index (χ2n) is 18.4. The van der Waals surface area contributed by atoms with E-state index in [0.29, 0.717) is 37.4 Å². The van der Waals surface area contributed by atoms with Crippen molar-refractivity contribution in [1.82, 2.24) is 15.1 Å². The number of carbonyl (C=O) groups excluding carboxylic acids is 4. The fourth-order valence-corrected chi connectivity index (χ4v) is 8.50. The number of Topliss-reactive ketones (excluding diaryl/α,β-unsaturated/α-hetero) is 2. The van der Waals surface area contributed by atoms with Gasteiger partial charge in [-0.3, -0.25) is 19.2 Å². The van der Waals surface area contributed by atoms with Gasteiger partial charge in [0, 0.05) is 33.5 Å². The summed E-state index contributed by atoms with van der Waals surface area (Å²) in [5, 5.41) is 3.29. The maximum atomic E-state index is 12.9. The van der Waals surface area contributed by atoms with E-state index >= 15 is 0 Å². The van der Waals surface area contributed by atoms with Crippen molar-refractivity contribution in [1.29, 1.82) is 0 Å². The van der Waals surface area contributed by atoms with Crippen LogP contribution in [0.25, 0.3) is 0 Å². The molecule has 0 aromatic rings. The van der Waals surface area contributed by atoms with E-state index in [1.165, 1.54) is 109 Å². The molecule has 0 spiro atoms. The Morgan fingerprint density at radius 2 is 0.951 bits per heavy atom. The van der Waals surface area contributed by atoms with Gasteiger partial charge in [-0.1, -0.05) is 162 Å². The number of nitrogens with one attached hydrogen (secondary N) is 1. The summed E-state index contributed by atoms with van der Waals surface area (Å²) in [5.41, 5.74) is 0.968. The SMILES string of the molecule is CCCCCCCCCOC(=O)CCCCCCCN(CCCCCCCC(=O)OC(CCCCCCCC)CCCCCCCC)CCCNC1=C(N(C)C)C(=O)CC1=O. The largest absolute Gasteiger partial charge is 0.466 e. The molecule has 0 aliphatic heterocycles. The van der Waals surface area contributed by atoms with E-state index in [2.05, 4.69) is 31.0 Å². The van der Waals surface area contributed by atoms with Crippen LogP contribution < -0.4 is 5.32 Å². The number of likely N-dealkylation sites (N-methyl/N-ethyl adjacent to an activating group) is 1. The van der Waals surface area contributed by atoms with Gasteiger partial charge in [0.25, 0.3) is 0 Å². The van der Waals surface area contributed by atoms with Gasteiger partial charge < -0.3 is 24.6 Å². The Balaban J connectivity index is 2.43. The summed E-state index contributed by atoms with van der Waals surface area (Å²) in [6, 6.07) is 0. The van der Waals surface area contributed by atoms with Gasteiger partial charge in [-0.15, -0.1) is 0 Å². The Hall–Kier alpha value is -2.42. The molecule has 0 atom stereocenters. The number of unbranched alkanes of at least 4 members (excludes halogenated alkanes) is 24. The molecule has 1 aliphatic rings. The number of esters is 2. The Bertz CT molecular complexity index is 1120. The quantitative estimate of drug-likeness (QED) is 0.0364. The molecule has 1 rings (SSSR count). The van der Waals surface area contributed by atoms with E-state index in [4.69, 9.17) is 9.47 Å². The van der Waals surface area contributed by atoms with E-state index in [-0.39, 0.29) is 36.0 Å². The normalized spacial score (nSPS) is 13.0. The summed E-state index contributed by atoms with van der Waals surface area (Å²) >= 11 is 0. The molecule has 9 heteroatoms. The van der Waals surface area contributed by atoms with Crippen molar-refractivity contribution >= 4 is 23.5 Å². The lowest BCUT2D eigenvalue weighted by Crippen LogP contribution is -2.30. The second-order valence-corrected chi connectivity index (χ2v) is 18.4. The summed E-state index contributed by atoms with van der Waals surface area (Å²) in [7, 11) is 3.63. The van der Waals surface area contributed by atoms with E-state index in [9.17, 15) is 19.2 Å². The number of ether oxygens (including phenoxy) is 2. The number of rotatable bonds is 45. The van der Waals surface area contributed by atoms with Crippen LogP contribution >= 0.6 is 0 Å². The molecule has 0 amide bonds. The monoisotopic (exact) mass is 860 g/mol. The molecule has 0 aromatic carbocycles. The molecule has 61 heavy (non-hydrogen) atoms. The third-order valence-corrected chi connectivity index (χ3v) is 12.3. The minimum absolute atomic E-state index is 0.00220. The van der Waals surface area contributed by atoms with Crippen molar-refractivity contribution in [2.45, 2.75) is 252 Å². The van der Waals surface area contributed by atoms with Crippen LogP contribution in [0, 0.1) is 0 Å². The van der Waals surface area contributed by atoms with Crippen molar-refractivity contribution in [3.05, 3.63) is 11.4 Å². The van der Waals surface area contributed by atoms with Crippen LogP contribution in [0.1, 0.15) is 245 Å². The van der Waals surface area contributed by atoms with Crippen molar-refractivity contribution < 1.29 is 28.7 Å². The summed E-state index contributed by atoms with van der Waals surface area (Å²) in [5.74, 6) is -0.263. The standard InChI is InChI=1S/C52H97N3O6/c1-6-9-12-15-18-27-34-44-60-49(58)38-30-23-19-25-32-41-55(43-35-40-53-51-47(56)45-48(57)52(51)54(4)5)42-33-26-20-24-31-39-50(59)61-46(36-28-21-16-13-10-7-2)37-29-22-17-14-11-8-3/h46,53H,6-45H2,1-5H3. The zero-order chi connectivity index (χ0) is 44.6. The van der Waals surface area contributed by atoms with Gasteiger partial charge in [0.2, 0.25) is 0 Å². The highest BCUT2D eigenvalue weighted by molar-refractivity contribution is 6.21. The third kappa shape index (κ3) is 32.0. The van der Waals surface area contributed by atoms with E-state index in [0.717, 1.165) is 116 Å². The highest BCUT2D eigenvalue weighted by atomic mass is 16.5. The molecule has 0 fully saturated rings. The average Bonchev–Trinajstić information content (AvgIpc) is 3.53. The first-order valence-electron chi connectivity index (χ1n) is 26.0. The van der Waals surface area contributed by atoms with Crippen LogP contribution in [-0.2, 0) is 28.7 Å². The molecular weight excluding hydrogens is 763 g/mol. The molecule has 0 aromatic heterocycles. The van der Waals surface area contributed by atoms with Crippen molar-refractivity contribution in [3.8, 4) is 0 Å². The molecule has 0 saturated heterocycles. The second kappa shape index (κ2) is 40.4. The van der Waals surface area contributed by atoms with E-state index < -0.39 is 0 Å². The Morgan fingerprint density at radius 1 is 0.525 bits per heavy atom. The van der Waals surface area contributed by atoms with Gasteiger partial charge in [-0.05, 0) is 83.8 Å². The molecule has 0 bridgehead atoms. The Labute approximate surface area is 376 Å². The summed E-state index contributed by atoms with van der Waals surface area (Å²) in [4.78, 5) is 54.2. The zero-order valence-electron chi connectivity index (χ0n) is 40.7. The smallest absolute Gasteiger partial charge is 0.306 e. The fraction of sp³-hybridized carbons (Fsp3) is 0.885. The zero-order valence-corrected chi connectivity index (χ0v) is 40.7. The van der Waals surface area contributed by atoms with Crippen LogP contribution in [0.5, 0.6) is 0 Å². The lowest BCUT2D eigenvalue weighted by atomic mass is 10.0. The fourth-order valence-electron chi connectivity index (χ4n) is 8.50. The number of nitrogens with zero attached hydrogens (tertiary/aromatic N) is 2. The molecule has 356 valence electrons. The molecule has 0 radical (unpaired) electrons. The van der Waals surface area contributed by atoms with Crippen LogP contribution in [0.2, 0.25) is 0 Å². The first-order chi connectivity index (χ1) is 29.7. The minimum Gasteiger partial charge on any atom is -0.466 e. The topological polar surface area (TPSA) is 105 Å². The molecule has 1 N–H and O–H groups in total. The van der Waals surface area contributed by atoms with Crippen molar-refractivity contribution in [2.75, 3.05) is 46.9 Å². The first kappa shape index (κ1) is 56.6. The summed E-state index contributed by atoms with van der Waals surface area (Å²) in [6.07, 6.45) is 38.5. The lowest BCUT2D eigenvalue weighted by Gasteiger charge is -2.23. The molecule has 0 heterocycles. The van der Waals surface area contributed by atoms with Crippen molar-refractivity contribution in [2.24, 2.45) is 0 Å². The molecule has 0 unspecified atom stereocenters. The maximum Gasteiger partial charge on any atom is 0.306 e. The highest BCUT2D eigenvalue weighted by Gasteiger charge is 2.31. The lowest BCUT2D eigenvalue weighted by molar-refractivity contribution is -0.150. The van der Waals surface area contributed by atoms with Gasteiger partial charge in [-0.25, -0.2) is 0 Å². The van der Waals surface area contributed by atoms with Gasteiger partial charge in [0.1, 0.15) is 17.5 Å². The number of hydrogen-bond donors (Lipinski definition) is 1. The van der Waals surface area contributed by atoms with E-state index in [1.807, 2.05) is 14.1 Å². The van der Waals surface area contributed by atoms with Gasteiger partial charge in [0.05, 0.1) is 13.0 Å². The molecular formula is C52H97N3O6. The van der Waals surface area contributed by atoms with E-state index in [1.54, 1.807) is 4.90 Å². The van der Waals surface area contributed by atoms with Crippen molar-refractivity contribution in [3.63, 3.8) is 0 Å². The Kier molecular flexibility index (Phi) is 37.4. The third-order valence-electron chi connectivity index (χ3n) is 12.3. The molecule has 1 aliphatic carbocycles. The number of hydrogen-bond acceptors (Lipinski definition) is 9. The van der Waals surface area contributed by atoms with Crippen LogP contribution in [-0.4, -0.2) is 86.3 Å². The van der Waals surface area contributed by atoms with Crippen LogP contribution in [0.15, 0.2) is 11.4 Å². The Morgan fingerprint density at radius 3 is 1.46 bits per heavy atom. The summed E-state index contributed by atoms with van der Waals surface area (Å²) in [6.45, 7) is 11.0. The van der Waals surface area contributed by atoms with Crippen LogP contribution in [0.3, 0.4) is 0 Å². The van der Waals surface area contributed by atoms with Gasteiger partial charge in [0.15, 0.2) is 11.6 Å². The van der Waals surface area contributed by atoms with Crippen LogP contribution in [0.4, 0.5) is 0 Å². The molecule has 9 nitrogen and oxygen atoms in total. The molecule has 0 saturated carbocycles. The summed E-state index contributed by atoms with van der Waals surface area (Å²) < 4.78 is 11.5. The minimum atomic E-state index is -0.110. The predicted octanol–water partition coefficient (Wildman–Crippen LogP) is 13.0. The maximum absolute atomic E-state index is 12.9. The van der Waals surface area contributed by atoms with Gasteiger partial charge in [-0.2, -0.15) is 0 Å². The predicted molar refractivity (Wildman–Crippen MR) is 255 cm³/mol. The first-order valence-corrected chi connectivity index (χ1v) is 26.0. The van der Waals surface area contributed by atoms with Gasteiger partial charge >= 0.3 is 11.9 Å². The number of allylic oxidation sites excluding steroid dienone is 2.